The van der Waals surface area contributed by atoms with Gasteiger partial charge in [0, 0.05) is 12.2 Å². The van der Waals surface area contributed by atoms with Gasteiger partial charge < -0.3 is 15.5 Å². The van der Waals surface area contributed by atoms with Crippen molar-refractivity contribution in [1.82, 2.24) is 5.32 Å². The SMILES string of the molecule is CC(=O)NC(CCSC1CCCCCC1O)C(=O)O. The number of aliphatic hydroxyl groups excluding tert-OH is 1. The minimum atomic E-state index is -1.00. The fourth-order valence-corrected chi connectivity index (χ4v) is 3.65. The lowest BCUT2D eigenvalue weighted by Gasteiger charge is -2.20. The molecule has 19 heavy (non-hydrogen) atoms. The summed E-state index contributed by atoms with van der Waals surface area (Å²) >= 11 is 1.63. The second-order valence-electron chi connectivity index (χ2n) is 4.99. The molecule has 5 nitrogen and oxygen atoms in total. The van der Waals surface area contributed by atoms with Crippen molar-refractivity contribution in [2.24, 2.45) is 0 Å². The van der Waals surface area contributed by atoms with Gasteiger partial charge in [-0.25, -0.2) is 4.79 Å². The Bertz CT molecular complexity index is 311. The van der Waals surface area contributed by atoms with Gasteiger partial charge in [-0.3, -0.25) is 4.79 Å². The number of carboxylic acids is 1. The quantitative estimate of drug-likeness (QED) is 0.643. The maximum Gasteiger partial charge on any atom is 0.326 e. The second-order valence-corrected chi connectivity index (χ2v) is 6.34. The summed E-state index contributed by atoms with van der Waals surface area (Å²) in [6, 6.07) is -0.826. The van der Waals surface area contributed by atoms with E-state index in [1.54, 1.807) is 11.8 Å². The molecular formula is C13H23NO4S. The fraction of sp³-hybridized carbons (Fsp3) is 0.846. The van der Waals surface area contributed by atoms with Gasteiger partial charge in [0.05, 0.1) is 6.10 Å². The molecule has 0 radical (unpaired) electrons. The van der Waals surface area contributed by atoms with E-state index in [0.29, 0.717) is 12.2 Å². The van der Waals surface area contributed by atoms with E-state index in [1.807, 2.05) is 0 Å². The molecule has 1 rings (SSSR count). The van der Waals surface area contributed by atoms with Crippen LogP contribution in [0.3, 0.4) is 0 Å². The number of rotatable bonds is 6. The van der Waals surface area contributed by atoms with Gasteiger partial charge in [0.2, 0.25) is 5.91 Å². The van der Waals surface area contributed by atoms with Crippen LogP contribution in [0.4, 0.5) is 0 Å². The van der Waals surface area contributed by atoms with Crippen LogP contribution in [-0.4, -0.2) is 45.2 Å². The van der Waals surface area contributed by atoms with Gasteiger partial charge in [0.1, 0.15) is 6.04 Å². The molecule has 0 bridgehead atoms. The number of amides is 1. The number of thioether (sulfide) groups is 1. The standard InChI is InChI=1S/C13H23NO4S/c1-9(15)14-10(13(17)18)7-8-19-12-6-4-2-3-5-11(12)16/h10-12,16H,2-8H2,1H3,(H,14,15)(H,17,18). The van der Waals surface area contributed by atoms with Crippen molar-refractivity contribution < 1.29 is 19.8 Å². The predicted molar refractivity (Wildman–Crippen MR) is 75.2 cm³/mol. The normalized spacial score (nSPS) is 25.4. The van der Waals surface area contributed by atoms with Crippen molar-refractivity contribution >= 4 is 23.6 Å². The maximum absolute atomic E-state index is 11.0. The number of aliphatic hydroxyl groups is 1. The largest absolute Gasteiger partial charge is 0.480 e. The van der Waals surface area contributed by atoms with Gasteiger partial charge in [-0.15, -0.1) is 0 Å². The van der Waals surface area contributed by atoms with Crippen molar-refractivity contribution in [1.29, 1.82) is 0 Å². The Labute approximate surface area is 118 Å². The number of carbonyl (C=O) groups excluding carboxylic acids is 1. The highest BCUT2D eigenvalue weighted by atomic mass is 32.2. The van der Waals surface area contributed by atoms with Crippen molar-refractivity contribution in [3.63, 3.8) is 0 Å². The van der Waals surface area contributed by atoms with Gasteiger partial charge in [0.25, 0.3) is 0 Å². The first kappa shape index (κ1) is 16.3. The molecule has 0 aromatic carbocycles. The van der Waals surface area contributed by atoms with Gasteiger partial charge in [0.15, 0.2) is 0 Å². The lowest BCUT2D eigenvalue weighted by Crippen LogP contribution is -2.40. The number of hydrogen-bond donors (Lipinski definition) is 3. The first-order chi connectivity index (χ1) is 9.00. The summed E-state index contributed by atoms with van der Waals surface area (Å²) in [4.78, 5) is 21.9. The molecule has 0 aromatic heterocycles. The molecule has 3 unspecified atom stereocenters. The summed E-state index contributed by atoms with van der Waals surface area (Å²) in [6.45, 7) is 1.32. The van der Waals surface area contributed by atoms with E-state index in [-0.39, 0.29) is 17.3 Å². The van der Waals surface area contributed by atoms with Crippen LogP contribution in [-0.2, 0) is 9.59 Å². The molecule has 1 saturated carbocycles. The van der Waals surface area contributed by atoms with E-state index >= 15 is 0 Å². The van der Waals surface area contributed by atoms with Gasteiger partial charge >= 0.3 is 5.97 Å². The summed E-state index contributed by atoms with van der Waals surface area (Å²) in [5.74, 6) is -0.692. The maximum atomic E-state index is 11.0. The van der Waals surface area contributed by atoms with Crippen LogP contribution >= 0.6 is 11.8 Å². The molecule has 110 valence electrons. The minimum Gasteiger partial charge on any atom is -0.480 e. The van der Waals surface area contributed by atoms with E-state index < -0.39 is 12.0 Å². The third-order valence-electron chi connectivity index (χ3n) is 3.33. The first-order valence-corrected chi connectivity index (χ1v) is 7.85. The van der Waals surface area contributed by atoms with Crippen LogP contribution in [0.2, 0.25) is 0 Å². The van der Waals surface area contributed by atoms with Crippen LogP contribution in [0.5, 0.6) is 0 Å². The molecule has 0 aliphatic heterocycles. The summed E-state index contributed by atoms with van der Waals surface area (Å²) < 4.78 is 0. The lowest BCUT2D eigenvalue weighted by molar-refractivity contribution is -0.141. The smallest absolute Gasteiger partial charge is 0.326 e. The average Bonchev–Trinajstić information content (AvgIpc) is 2.53. The van der Waals surface area contributed by atoms with Gasteiger partial charge in [-0.1, -0.05) is 19.3 Å². The Morgan fingerprint density at radius 1 is 1.32 bits per heavy atom. The summed E-state index contributed by atoms with van der Waals surface area (Å²) in [6.07, 6.45) is 5.30. The number of hydrogen-bond acceptors (Lipinski definition) is 4. The molecular weight excluding hydrogens is 266 g/mol. The third kappa shape index (κ3) is 6.29. The van der Waals surface area contributed by atoms with E-state index in [2.05, 4.69) is 5.32 Å². The molecule has 0 saturated heterocycles. The summed E-state index contributed by atoms with van der Waals surface area (Å²) in [5, 5.41) is 21.6. The van der Waals surface area contributed by atoms with Gasteiger partial charge in [-0.05, 0) is 25.0 Å². The van der Waals surface area contributed by atoms with E-state index in [4.69, 9.17) is 5.11 Å². The number of aliphatic carboxylic acids is 1. The van der Waals surface area contributed by atoms with Crippen LogP contribution in [0.15, 0.2) is 0 Å². The van der Waals surface area contributed by atoms with E-state index in [9.17, 15) is 14.7 Å². The molecule has 1 fully saturated rings. The third-order valence-corrected chi connectivity index (χ3v) is 4.78. The van der Waals surface area contributed by atoms with Crippen LogP contribution < -0.4 is 5.32 Å². The average molecular weight is 289 g/mol. The number of carboxylic acid groups (broad SMARTS) is 1. The molecule has 3 atom stereocenters. The zero-order valence-electron chi connectivity index (χ0n) is 11.3. The fourth-order valence-electron chi connectivity index (χ4n) is 2.29. The molecule has 6 heteroatoms. The highest BCUT2D eigenvalue weighted by Crippen LogP contribution is 2.28. The predicted octanol–water partition coefficient (Wildman–Crippen LogP) is 1.39. The molecule has 0 heterocycles. The molecule has 3 N–H and O–H groups in total. The topological polar surface area (TPSA) is 86.6 Å². The molecule has 1 amide bonds. The van der Waals surface area contributed by atoms with Crippen LogP contribution in [0, 0.1) is 0 Å². The number of carbonyl (C=O) groups is 2. The van der Waals surface area contributed by atoms with Crippen molar-refractivity contribution in [3.05, 3.63) is 0 Å². The lowest BCUT2D eigenvalue weighted by atomic mass is 10.1. The van der Waals surface area contributed by atoms with Crippen LogP contribution in [0.25, 0.3) is 0 Å². The van der Waals surface area contributed by atoms with Crippen molar-refractivity contribution in [2.45, 2.75) is 62.8 Å². The highest BCUT2D eigenvalue weighted by molar-refractivity contribution is 7.99. The Kier molecular flexibility index (Phi) is 7.23. The first-order valence-electron chi connectivity index (χ1n) is 6.80. The zero-order valence-corrected chi connectivity index (χ0v) is 12.1. The zero-order chi connectivity index (χ0) is 14.3. The van der Waals surface area contributed by atoms with Crippen LogP contribution in [0.1, 0.15) is 45.4 Å². The van der Waals surface area contributed by atoms with Gasteiger partial charge in [-0.2, -0.15) is 11.8 Å². The monoisotopic (exact) mass is 289 g/mol. The molecule has 0 spiro atoms. The molecule has 1 aliphatic rings. The minimum absolute atomic E-state index is 0.203. The summed E-state index contributed by atoms with van der Waals surface area (Å²) in [7, 11) is 0. The van der Waals surface area contributed by atoms with E-state index in [1.165, 1.54) is 6.92 Å². The second kappa shape index (κ2) is 8.43. The highest BCUT2D eigenvalue weighted by Gasteiger charge is 2.23. The van der Waals surface area contributed by atoms with Crippen molar-refractivity contribution in [2.75, 3.05) is 5.75 Å². The van der Waals surface area contributed by atoms with Crippen molar-refractivity contribution in [3.8, 4) is 0 Å². The molecule has 1 aliphatic carbocycles. The van der Waals surface area contributed by atoms with E-state index in [0.717, 1.165) is 32.1 Å². The Morgan fingerprint density at radius 3 is 2.63 bits per heavy atom. The number of nitrogens with one attached hydrogen (secondary N) is 1. The Balaban J connectivity index is 2.33. The Morgan fingerprint density at radius 2 is 2.00 bits per heavy atom. The molecule has 0 aromatic rings. The summed E-state index contributed by atoms with van der Waals surface area (Å²) in [5.41, 5.74) is 0. The Hall–Kier alpha value is -0.750.